The van der Waals surface area contributed by atoms with Gasteiger partial charge < -0.3 is 20.5 Å². The Hall–Kier alpha value is -3.47. The fraction of sp³-hybridized carbons (Fsp3) is 0.238. The number of halogens is 5. The molecule has 0 saturated carbocycles. The van der Waals surface area contributed by atoms with Gasteiger partial charge in [0, 0.05) is 31.3 Å². The van der Waals surface area contributed by atoms with Crippen molar-refractivity contribution in [3.8, 4) is 17.0 Å². The average Bonchev–Trinajstić information content (AvgIpc) is 2.74. The average molecular weight is 454 g/mol. The van der Waals surface area contributed by atoms with Crippen LogP contribution in [-0.2, 0) is 6.54 Å². The molecule has 3 rings (SSSR count). The van der Waals surface area contributed by atoms with Gasteiger partial charge >= 0.3 is 6.36 Å². The number of rotatable bonds is 9. The molecule has 3 aromatic rings. The molecule has 0 unspecified atom stereocenters. The molecular formula is C21H19F5N4O2. The number of aromatic nitrogens is 2. The first-order valence-electron chi connectivity index (χ1n) is 9.51. The molecule has 0 fully saturated rings. The van der Waals surface area contributed by atoms with E-state index in [1.54, 1.807) is 6.07 Å². The summed E-state index contributed by atoms with van der Waals surface area (Å²) in [5.41, 5.74) is 1.10. The smallest absolute Gasteiger partial charge is 0.406 e. The van der Waals surface area contributed by atoms with E-state index in [-0.39, 0.29) is 19.1 Å². The summed E-state index contributed by atoms with van der Waals surface area (Å²) in [7, 11) is 0. The van der Waals surface area contributed by atoms with Crippen LogP contribution in [0.15, 0.2) is 48.5 Å². The zero-order valence-electron chi connectivity index (χ0n) is 16.6. The Kier molecular flexibility index (Phi) is 7.41. The number of aliphatic hydroxyl groups excluding tert-OH is 1. The number of nitrogens with zero attached hydrogens (tertiary/aromatic N) is 2. The van der Waals surface area contributed by atoms with E-state index in [4.69, 9.17) is 5.11 Å². The van der Waals surface area contributed by atoms with E-state index in [9.17, 15) is 22.0 Å². The highest BCUT2D eigenvalue weighted by atomic mass is 19.4. The van der Waals surface area contributed by atoms with Crippen LogP contribution in [0, 0.1) is 11.6 Å². The van der Waals surface area contributed by atoms with Gasteiger partial charge in [0.2, 0.25) is 5.95 Å². The van der Waals surface area contributed by atoms with Crippen molar-refractivity contribution in [3.05, 3.63) is 65.7 Å². The SMILES string of the molecule is OCCCNc1nc(NCc2ccc(F)c(F)c2)cc(-c2cccc(OC(F)(F)F)c2)n1. The molecule has 3 N–H and O–H groups in total. The second-order valence-corrected chi connectivity index (χ2v) is 6.64. The first kappa shape index (κ1) is 23.2. The van der Waals surface area contributed by atoms with Crippen LogP contribution in [0.4, 0.5) is 33.7 Å². The number of aliphatic hydroxyl groups is 1. The molecule has 0 aliphatic carbocycles. The highest BCUT2D eigenvalue weighted by molar-refractivity contribution is 5.66. The van der Waals surface area contributed by atoms with Crippen molar-refractivity contribution in [2.75, 3.05) is 23.8 Å². The predicted octanol–water partition coefficient (Wildman–Crippen LogP) is 4.73. The second kappa shape index (κ2) is 10.2. The number of nitrogens with one attached hydrogen (secondary N) is 2. The van der Waals surface area contributed by atoms with Crippen molar-refractivity contribution in [1.82, 2.24) is 9.97 Å². The Morgan fingerprint density at radius 3 is 2.47 bits per heavy atom. The van der Waals surface area contributed by atoms with E-state index in [1.807, 2.05) is 0 Å². The Balaban J connectivity index is 1.87. The summed E-state index contributed by atoms with van der Waals surface area (Å²) in [5.74, 6) is -1.88. The van der Waals surface area contributed by atoms with Gasteiger partial charge in [-0.25, -0.2) is 13.8 Å². The van der Waals surface area contributed by atoms with Crippen LogP contribution in [0.25, 0.3) is 11.3 Å². The monoisotopic (exact) mass is 454 g/mol. The third-order valence-corrected chi connectivity index (χ3v) is 4.17. The summed E-state index contributed by atoms with van der Waals surface area (Å²) in [4.78, 5) is 8.58. The summed E-state index contributed by atoms with van der Waals surface area (Å²) < 4.78 is 68.2. The van der Waals surface area contributed by atoms with Gasteiger partial charge in [-0.1, -0.05) is 18.2 Å². The van der Waals surface area contributed by atoms with Gasteiger partial charge in [0.1, 0.15) is 11.6 Å². The maximum absolute atomic E-state index is 13.4. The Bertz CT molecular complexity index is 1060. The number of ether oxygens (including phenoxy) is 1. The van der Waals surface area contributed by atoms with Gasteiger partial charge in [-0.2, -0.15) is 4.98 Å². The lowest BCUT2D eigenvalue weighted by Gasteiger charge is -2.13. The van der Waals surface area contributed by atoms with E-state index >= 15 is 0 Å². The van der Waals surface area contributed by atoms with Gasteiger partial charge in [0.05, 0.1) is 5.69 Å². The summed E-state index contributed by atoms with van der Waals surface area (Å²) >= 11 is 0. The fourth-order valence-corrected chi connectivity index (χ4v) is 2.74. The van der Waals surface area contributed by atoms with Crippen LogP contribution in [0.1, 0.15) is 12.0 Å². The Morgan fingerprint density at radius 2 is 1.75 bits per heavy atom. The molecule has 11 heteroatoms. The molecule has 0 aliphatic rings. The second-order valence-electron chi connectivity index (χ2n) is 6.64. The first-order chi connectivity index (χ1) is 15.2. The van der Waals surface area contributed by atoms with E-state index in [2.05, 4.69) is 25.3 Å². The molecule has 0 bridgehead atoms. The van der Waals surface area contributed by atoms with E-state index in [0.717, 1.165) is 12.1 Å². The number of alkyl halides is 3. The van der Waals surface area contributed by atoms with Crippen molar-refractivity contribution in [1.29, 1.82) is 0 Å². The summed E-state index contributed by atoms with van der Waals surface area (Å²) in [6.45, 7) is 0.422. The molecule has 1 heterocycles. The van der Waals surface area contributed by atoms with Crippen molar-refractivity contribution >= 4 is 11.8 Å². The lowest BCUT2D eigenvalue weighted by Crippen LogP contribution is -2.17. The first-order valence-corrected chi connectivity index (χ1v) is 9.51. The van der Waals surface area contributed by atoms with Crippen LogP contribution in [-0.4, -0.2) is 34.6 Å². The molecule has 0 spiro atoms. The standard InChI is InChI=1S/C21H19F5N4O2/c22-16-6-5-13(9-17(16)23)12-28-19-11-18(29-20(30-19)27-7-2-8-31)14-3-1-4-15(10-14)32-21(24,25)26/h1,3-6,9-11,31H,2,7-8,12H2,(H2,27,28,29,30). The minimum absolute atomic E-state index is 0.0508. The quantitative estimate of drug-likeness (QED) is 0.321. The van der Waals surface area contributed by atoms with E-state index < -0.39 is 23.7 Å². The van der Waals surface area contributed by atoms with Crippen LogP contribution < -0.4 is 15.4 Å². The fourth-order valence-electron chi connectivity index (χ4n) is 2.74. The van der Waals surface area contributed by atoms with Crippen LogP contribution in [0.3, 0.4) is 0 Å². The summed E-state index contributed by atoms with van der Waals surface area (Å²) in [5, 5.41) is 14.8. The third kappa shape index (κ3) is 6.77. The molecule has 0 amide bonds. The van der Waals surface area contributed by atoms with Crippen molar-refractivity contribution in [2.45, 2.75) is 19.3 Å². The van der Waals surface area contributed by atoms with Gasteiger partial charge in [-0.15, -0.1) is 13.2 Å². The number of anilines is 2. The highest BCUT2D eigenvalue weighted by Crippen LogP contribution is 2.28. The Morgan fingerprint density at radius 1 is 0.938 bits per heavy atom. The molecule has 0 saturated heterocycles. The maximum Gasteiger partial charge on any atom is 0.573 e. The lowest BCUT2D eigenvalue weighted by molar-refractivity contribution is -0.274. The zero-order chi connectivity index (χ0) is 23.1. The normalized spacial score (nSPS) is 11.3. The highest BCUT2D eigenvalue weighted by Gasteiger charge is 2.31. The van der Waals surface area contributed by atoms with Crippen molar-refractivity contribution < 1.29 is 31.8 Å². The van der Waals surface area contributed by atoms with Crippen LogP contribution in [0.5, 0.6) is 5.75 Å². The summed E-state index contributed by atoms with van der Waals surface area (Å²) in [6.07, 6.45) is -4.40. The van der Waals surface area contributed by atoms with E-state index in [0.29, 0.717) is 35.6 Å². The molecular weight excluding hydrogens is 435 g/mol. The van der Waals surface area contributed by atoms with Crippen LogP contribution in [0.2, 0.25) is 0 Å². The minimum atomic E-state index is -4.83. The van der Waals surface area contributed by atoms with E-state index in [1.165, 1.54) is 30.3 Å². The Labute approximate surface area is 180 Å². The maximum atomic E-state index is 13.4. The molecule has 0 radical (unpaired) electrons. The third-order valence-electron chi connectivity index (χ3n) is 4.17. The van der Waals surface area contributed by atoms with Crippen molar-refractivity contribution in [2.24, 2.45) is 0 Å². The molecule has 170 valence electrons. The topological polar surface area (TPSA) is 79.3 Å². The van der Waals surface area contributed by atoms with Crippen molar-refractivity contribution in [3.63, 3.8) is 0 Å². The summed E-state index contributed by atoms with van der Waals surface area (Å²) in [6, 6.07) is 10.3. The molecule has 32 heavy (non-hydrogen) atoms. The van der Waals surface area contributed by atoms with Gasteiger partial charge in [0.15, 0.2) is 11.6 Å². The van der Waals surface area contributed by atoms with Gasteiger partial charge in [0.25, 0.3) is 0 Å². The largest absolute Gasteiger partial charge is 0.573 e. The number of hydrogen-bond donors (Lipinski definition) is 3. The van der Waals surface area contributed by atoms with Gasteiger partial charge in [-0.3, -0.25) is 0 Å². The molecule has 1 aromatic heterocycles. The minimum Gasteiger partial charge on any atom is -0.406 e. The molecule has 0 aliphatic heterocycles. The lowest BCUT2D eigenvalue weighted by atomic mass is 10.1. The number of hydrogen-bond acceptors (Lipinski definition) is 6. The van der Waals surface area contributed by atoms with Gasteiger partial charge in [-0.05, 0) is 36.2 Å². The molecule has 6 nitrogen and oxygen atoms in total. The predicted molar refractivity (Wildman–Crippen MR) is 108 cm³/mol. The zero-order valence-corrected chi connectivity index (χ0v) is 16.6. The van der Waals surface area contributed by atoms with Crippen LogP contribution >= 0.6 is 0 Å². The number of benzene rings is 2. The molecule has 0 atom stereocenters. The molecule has 2 aromatic carbocycles.